The van der Waals surface area contributed by atoms with Gasteiger partial charge >= 0.3 is 5.97 Å². The van der Waals surface area contributed by atoms with Gasteiger partial charge in [-0.2, -0.15) is 0 Å². The molecule has 8 nitrogen and oxygen atoms in total. The lowest BCUT2D eigenvalue weighted by atomic mass is 9.83. The Labute approximate surface area is 246 Å². The lowest BCUT2D eigenvalue weighted by Gasteiger charge is -2.43. The van der Waals surface area contributed by atoms with E-state index >= 15 is 0 Å². The number of aliphatic imine (C=N–C) groups is 1. The van der Waals surface area contributed by atoms with Gasteiger partial charge in [0.25, 0.3) is 0 Å². The van der Waals surface area contributed by atoms with Crippen molar-refractivity contribution >= 4 is 34.1 Å². The molecule has 1 aliphatic heterocycles. The second-order valence-corrected chi connectivity index (χ2v) is 11.1. The van der Waals surface area contributed by atoms with E-state index in [1.165, 1.54) is 7.11 Å². The van der Waals surface area contributed by atoms with Crippen LogP contribution in [0.4, 0.5) is 5.69 Å². The Morgan fingerprint density at radius 1 is 1.02 bits per heavy atom. The van der Waals surface area contributed by atoms with Crippen molar-refractivity contribution in [3.8, 4) is 5.88 Å². The summed E-state index contributed by atoms with van der Waals surface area (Å²) >= 11 is 0. The molecular weight excluding hydrogens is 530 g/mol. The van der Waals surface area contributed by atoms with Crippen molar-refractivity contribution in [1.29, 1.82) is 0 Å². The molecule has 0 unspecified atom stereocenters. The SMILES string of the molecule is COC(=O)c1cc2[nH]c(O)c(C(=Nc3ccc(C(=O)CCC4(N(C)C)CCOCC4)cc3)c3ccccc3)c2cc1C. The molecule has 0 spiro atoms. The third-order valence-corrected chi connectivity index (χ3v) is 8.43. The third-order valence-electron chi connectivity index (χ3n) is 8.43. The van der Waals surface area contributed by atoms with Gasteiger partial charge in [-0.25, -0.2) is 9.79 Å². The number of rotatable bonds is 9. The number of aromatic hydroxyl groups is 1. The molecule has 5 rings (SSSR count). The standard InChI is InChI=1S/C34H37N3O5/c1-22-20-27-28(21-26(22)33(40)41-4)36-32(39)30(27)31(24-8-6-5-7-9-24)35-25-12-10-23(11-13-25)29(38)14-15-34(37(2)3)16-18-42-19-17-34/h5-13,20-21,36,39H,14-19H2,1-4H3. The maximum atomic E-state index is 13.2. The Hall–Kier alpha value is -4.27. The van der Waals surface area contributed by atoms with Crippen LogP contribution in [-0.2, 0) is 9.47 Å². The number of carbonyl (C=O) groups is 2. The molecule has 2 N–H and O–H groups in total. The largest absolute Gasteiger partial charge is 0.494 e. The summed E-state index contributed by atoms with van der Waals surface area (Å²) in [6, 6.07) is 20.5. The predicted molar refractivity (Wildman–Crippen MR) is 164 cm³/mol. The number of benzene rings is 3. The quantitative estimate of drug-likeness (QED) is 0.142. The number of hydrogen-bond acceptors (Lipinski definition) is 7. The number of aromatic amines is 1. The Kier molecular flexibility index (Phi) is 8.56. The molecule has 1 fully saturated rings. The van der Waals surface area contributed by atoms with Crippen LogP contribution >= 0.6 is 0 Å². The molecular formula is C34H37N3O5. The number of hydrogen-bond donors (Lipinski definition) is 2. The number of esters is 1. The number of methoxy groups -OCH3 is 1. The zero-order chi connectivity index (χ0) is 29.9. The first kappa shape index (κ1) is 29.2. The smallest absolute Gasteiger partial charge is 0.338 e. The molecule has 0 atom stereocenters. The molecule has 0 saturated carbocycles. The number of ketones is 1. The monoisotopic (exact) mass is 567 g/mol. The number of nitrogens with zero attached hydrogens (tertiary/aromatic N) is 2. The second kappa shape index (κ2) is 12.3. The fourth-order valence-electron chi connectivity index (χ4n) is 5.78. The van der Waals surface area contributed by atoms with E-state index in [0.29, 0.717) is 40.0 Å². The van der Waals surface area contributed by atoms with Gasteiger partial charge in [-0.3, -0.25) is 4.79 Å². The van der Waals surface area contributed by atoms with Crippen LogP contribution in [0.15, 0.2) is 71.7 Å². The lowest BCUT2D eigenvalue weighted by molar-refractivity contribution is -0.0124. The molecule has 218 valence electrons. The van der Waals surface area contributed by atoms with Crippen molar-refractivity contribution < 1.29 is 24.2 Å². The van der Waals surface area contributed by atoms with Gasteiger partial charge in [0.1, 0.15) is 0 Å². The number of H-pyrrole nitrogens is 1. The zero-order valence-electron chi connectivity index (χ0n) is 24.6. The Balaban J connectivity index is 1.47. The lowest BCUT2D eigenvalue weighted by Crippen LogP contribution is -2.48. The van der Waals surface area contributed by atoms with Gasteiger partial charge in [-0.05, 0) is 82.2 Å². The highest BCUT2D eigenvalue weighted by atomic mass is 16.5. The summed E-state index contributed by atoms with van der Waals surface area (Å²) in [5.74, 6) is -0.391. The number of carbonyl (C=O) groups excluding carboxylic acids is 2. The highest BCUT2D eigenvalue weighted by Gasteiger charge is 2.35. The minimum absolute atomic E-state index is 0.0139. The van der Waals surface area contributed by atoms with Crippen molar-refractivity contribution in [2.24, 2.45) is 4.99 Å². The summed E-state index contributed by atoms with van der Waals surface area (Å²) in [5.41, 5.74) is 4.93. The van der Waals surface area contributed by atoms with Crippen molar-refractivity contribution in [2.75, 3.05) is 34.4 Å². The molecule has 0 radical (unpaired) electrons. The molecule has 1 saturated heterocycles. The summed E-state index contributed by atoms with van der Waals surface area (Å²) in [6.45, 7) is 3.28. The third kappa shape index (κ3) is 5.86. The van der Waals surface area contributed by atoms with E-state index < -0.39 is 5.97 Å². The van der Waals surface area contributed by atoms with Crippen molar-refractivity contribution in [3.63, 3.8) is 0 Å². The van der Waals surface area contributed by atoms with Gasteiger partial charge in [0.05, 0.1) is 29.6 Å². The molecule has 8 heteroatoms. The fourth-order valence-corrected chi connectivity index (χ4v) is 5.78. The first-order valence-electron chi connectivity index (χ1n) is 14.2. The topological polar surface area (TPSA) is 104 Å². The molecule has 1 aliphatic rings. The number of Topliss-reactive ketones (excluding diaryl/α,β-unsaturated/α-hetero) is 1. The van der Waals surface area contributed by atoms with E-state index in [-0.39, 0.29) is 17.2 Å². The van der Waals surface area contributed by atoms with Gasteiger partial charge < -0.3 is 24.5 Å². The van der Waals surface area contributed by atoms with E-state index in [0.717, 1.165) is 49.0 Å². The zero-order valence-corrected chi connectivity index (χ0v) is 24.6. The minimum Gasteiger partial charge on any atom is -0.494 e. The van der Waals surface area contributed by atoms with Crippen LogP contribution in [0, 0.1) is 6.92 Å². The predicted octanol–water partition coefficient (Wildman–Crippen LogP) is 6.21. The number of fused-ring (bicyclic) bond motifs is 1. The second-order valence-electron chi connectivity index (χ2n) is 11.1. The molecule has 42 heavy (non-hydrogen) atoms. The van der Waals surface area contributed by atoms with Crippen LogP contribution in [-0.4, -0.2) is 72.4 Å². The molecule has 1 aromatic heterocycles. The van der Waals surface area contributed by atoms with Gasteiger partial charge in [0.2, 0.25) is 0 Å². The van der Waals surface area contributed by atoms with Crippen LogP contribution in [0.5, 0.6) is 5.88 Å². The minimum atomic E-state index is -0.443. The highest BCUT2D eigenvalue weighted by molar-refractivity contribution is 6.22. The Bertz CT molecular complexity index is 1610. The van der Waals surface area contributed by atoms with Crippen LogP contribution in [0.25, 0.3) is 10.9 Å². The summed E-state index contributed by atoms with van der Waals surface area (Å²) in [6.07, 6.45) is 3.10. The van der Waals surface area contributed by atoms with E-state index in [4.69, 9.17) is 14.5 Å². The van der Waals surface area contributed by atoms with E-state index in [2.05, 4.69) is 24.0 Å². The summed E-state index contributed by atoms with van der Waals surface area (Å²) in [4.78, 5) is 35.6. The van der Waals surface area contributed by atoms with E-state index in [1.54, 1.807) is 6.07 Å². The van der Waals surface area contributed by atoms with Gasteiger partial charge in [-0.15, -0.1) is 0 Å². The first-order valence-corrected chi connectivity index (χ1v) is 14.2. The number of aryl methyl sites for hydroxylation is 1. The molecule has 2 heterocycles. The highest BCUT2D eigenvalue weighted by Crippen LogP contribution is 2.34. The summed E-state index contributed by atoms with van der Waals surface area (Å²) < 4.78 is 10.5. The van der Waals surface area contributed by atoms with Gasteiger partial charge in [0, 0.05) is 47.2 Å². The summed E-state index contributed by atoms with van der Waals surface area (Å²) in [7, 11) is 5.50. The van der Waals surface area contributed by atoms with E-state index in [1.807, 2.05) is 67.6 Å². The average Bonchev–Trinajstić information content (AvgIpc) is 3.33. The fraction of sp³-hybridized carbons (Fsp3) is 0.324. The maximum absolute atomic E-state index is 13.2. The van der Waals surface area contributed by atoms with Crippen molar-refractivity contribution in [3.05, 3.63) is 94.5 Å². The summed E-state index contributed by atoms with van der Waals surface area (Å²) in [5, 5.41) is 11.8. The van der Waals surface area contributed by atoms with Gasteiger partial charge in [0.15, 0.2) is 11.7 Å². The molecule has 0 aliphatic carbocycles. The van der Waals surface area contributed by atoms with Crippen LogP contribution in [0.1, 0.15) is 63.1 Å². The Morgan fingerprint density at radius 3 is 2.36 bits per heavy atom. The van der Waals surface area contributed by atoms with Crippen LogP contribution < -0.4 is 0 Å². The maximum Gasteiger partial charge on any atom is 0.338 e. The normalized spacial score (nSPS) is 15.2. The number of ether oxygens (including phenoxy) is 2. The van der Waals surface area contributed by atoms with Crippen molar-refractivity contribution in [2.45, 2.75) is 38.1 Å². The van der Waals surface area contributed by atoms with Crippen LogP contribution in [0.3, 0.4) is 0 Å². The van der Waals surface area contributed by atoms with Crippen LogP contribution in [0.2, 0.25) is 0 Å². The Morgan fingerprint density at radius 2 is 1.71 bits per heavy atom. The molecule has 0 bridgehead atoms. The van der Waals surface area contributed by atoms with E-state index in [9.17, 15) is 14.7 Å². The molecule has 4 aromatic rings. The first-order chi connectivity index (χ1) is 20.2. The molecule has 0 amide bonds. The van der Waals surface area contributed by atoms with Gasteiger partial charge in [-0.1, -0.05) is 30.3 Å². The van der Waals surface area contributed by atoms with Crippen molar-refractivity contribution in [1.82, 2.24) is 9.88 Å². The average molecular weight is 568 g/mol. The number of nitrogens with one attached hydrogen (secondary N) is 1. The molecule has 3 aromatic carbocycles. The number of aromatic nitrogens is 1.